The molecule has 0 aliphatic rings. The molecule has 2 rings (SSSR count). The molecule has 29 heavy (non-hydrogen) atoms. The number of carbonyl (C=O) groups excluding carboxylic acids is 2. The van der Waals surface area contributed by atoms with Crippen LogP contribution in [0.5, 0.6) is 17.2 Å². The number of nitrogens with one attached hydrogen (secondary N) is 2. The molecule has 0 unspecified atom stereocenters. The van der Waals surface area contributed by atoms with E-state index in [0.29, 0.717) is 29.4 Å². The van der Waals surface area contributed by atoms with Gasteiger partial charge >= 0.3 is 0 Å². The van der Waals surface area contributed by atoms with Gasteiger partial charge in [0.2, 0.25) is 0 Å². The van der Waals surface area contributed by atoms with Crippen molar-refractivity contribution in [1.29, 1.82) is 0 Å². The quantitative estimate of drug-likeness (QED) is 0.697. The highest BCUT2D eigenvalue weighted by molar-refractivity contribution is 5.96. The van der Waals surface area contributed by atoms with Gasteiger partial charge in [0, 0.05) is 5.56 Å². The van der Waals surface area contributed by atoms with E-state index < -0.39 is 11.8 Å². The Morgan fingerprint density at radius 1 is 0.931 bits per heavy atom. The number of carbonyl (C=O) groups is 2. The summed E-state index contributed by atoms with van der Waals surface area (Å²) in [6.45, 7) is 8.33. The number of methoxy groups -OCH3 is 1. The summed E-state index contributed by atoms with van der Waals surface area (Å²) in [6.07, 6.45) is 0. The molecule has 0 aliphatic heterocycles. The predicted octanol–water partition coefficient (Wildman–Crippen LogP) is 3.23. The lowest BCUT2D eigenvalue weighted by Gasteiger charge is -2.22. The molecule has 0 aromatic heterocycles. The minimum Gasteiger partial charge on any atom is -0.493 e. The summed E-state index contributed by atoms with van der Waals surface area (Å²) in [5.41, 5.74) is 5.92. The third-order valence-electron chi connectivity index (χ3n) is 4.09. The van der Waals surface area contributed by atoms with Crippen LogP contribution in [0.15, 0.2) is 42.5 Å². The van der Waals surface area contributed by atoms with Gasteiger partial charge in [-0.3, -0.25) is 20.4 Å². The van der Waals surface area contributed by atoms with Gasteiger partial charge in [0.1, 0.15) is 5.75 Å². The fourth-order valence-corrected chi connectivity index (χ4v) is 2.67. The third-order valence-corrected chi connectivity index (χ3v) is 4.09. The lowest BCUT2D eigenvalue weighted by molar-refractivity contribution is -0.123. The topological polar surface area (TPSA) is 85.9 Å². The van der Waals surface area contributed by atoms with E-state index in [1.807, 2.05) is 31.2 Å². The van der Waals surface area contributed by atoms with E-state index >= 15 is 0 Å². The summed E-state index contributed by atoms with van der Waals surface area (Å²) in [4.78, 5) is 24.4. The molecule has 156 valence electrons. The first-order valence-corrected chi connectivity index (χ1v) is 9.38. The van der Waals surface area contributed by atoms with E-state index in [1.165, 1.54) is 7.11 Å². The van der Waals surface area contributed by atoms with Crippen LogP contribution < -0.4 is 25.1 Å². The Kier molecular flexibility index (Phi) is 7.47. The average molecular weight is 400 g/mol. The third kappa shape index (κ3) is 6.14. The van der Waals surface area contributed by atoms with Crippen LogP contribution in [0.4, 0.5) is 0 Å². The van der Waals surface area contributed by atoms with Crippen LogP contribution in [0.2, 0.25) is 0 Å². The minimum absolute atomic E-state index is 0.117. The van der Waals surface area contributed by atoms with Gasteiger partial charge in [-0.1, -0.05) is 39.0 Å². The Bertz CT molecular complexity index is 859. The fourth-order valence-electron chi connectivity index (χ4n) is 2.67. The largest absolute Gasteiger partial charge is 0.493 e. The summed E-state index contributed by atoms with van der Waals surface area (Å²) in [5, 5.41) is 0. The zero-order chi connectivity index (χ0) is 21.4. The van der Waals surface area contributed by atoms with Crippen molar-refractivity contribution in [3.05, 3.63) is 53.6 Å². The first-order chi connectivity index (χ1) is 13.8. The van der Waals surface area contributed by atoms with E-state index in [4.69, 9.17) is 14.2 Å². The summed E-state index contributed by atoms with van der Waals surface area (Å²) in [6, 6.07) is 12.3. The second-order valence-electron chi connectivity index (χ2n) is 7.34. The van der Waals surface area contributed by atoms with Gasteiger partial charge in [-0.25, -0.2) is 0 Å². The second kappa shape index (κ2) is 9.82. The molecule has 0 aliphatic carbocycles. The molecule has 2 aromatic carbocycles. The van der Waals surface area contributed by atoms with Gasteiger partial charge in [0.25, 0.3) is 11.8 Å². The Morgan fingerprint density at radius 3 is 2.31 bits per heavy atom. The Hall–Kier alpha value is -3.22. The van der Waals surface area contributed by atoms with E-state index in [-0.39, 0.29) is 12.0 Å². The first kappa shape index (κ1) is 22.1. The van der Waals surface area contributed by atoms with E-state index in [9.17, 15) is 9.59 Å². The Labute approximate surface area is 171 Å². The molecule has 7 nitrogen and oxygen atoms in total. The van der Waals surface area contributed by atoms with Crippen LogP contribution in [-0.2, 0) is 10.2 Å². The van der Waals surface area contributed by atoms with Gasteiger partial charge < -0.3 is 14.2 Å². The molecule has 0 saturated heterocycles. The van der Waals surface area contributed by atoms with Crippen molar-refractivity contribution in [3.8, 4) is 17.2 Å². The highest BCUT2D eigenvalue weighted by Crippen LogP contribution is 2.31. The number of rotatable bonds is 7. The fraction of sp³-hybridized carbons (Fsp3) is 0.364. The molecule has 2 amide bonds. The molecule has 0 bridgehead atoms. The van der Waals surface area contributed by atoms with Gasteiger partial charge in [-0.2, -0.15) is 0 Å². The van der Waals surface area contributed by atoms with Crippen molar-refractivity contribution in [2.75, 3.05) is 20.3 Å². The number of benzene rings is 2. The zero-order valence-electron chi connectivity index (χ0n) is 17.5. The summed E-state index contributed by atoms with van der Waals surface area (Å²) < 4.78 is 16.3. The highest BCUT2D eigenvalue weighted by Gasteiger charge is 2.19. The van der Waals surface area contributed by atoms with Crippen LogP contribution >= 0.6 is 0 Å². The number of amides is 2. The smallest absolute Gasteiger partial charge is 0.276 e. The normalized spacial score (nSPS) is 10.8. The van der Waals surface area contributed by atoms with Gasteiger partial charge in [-0.05, 0) is 42.2 Å². The van der Waals surface area contributed by atoms with Crippen molar-refractivity contribution >= 4 is 11.8 Å². The molecule has 2 N–H and O–H groups in total. The molecule has 2 aromatic rings. The predicted molar refractivity (Wildman–Crippen MR) is 110 cm³/mol. The number of para-hydroxylation sites is 1. The second-order valence-corrected chi connectivity index (χ2v) is 7.34. The molecule has 0 spiro atoms. The SMILES string of the molecule is CCOc1ccc(C(=O)NNC(=O)COc2ccccc2C(C)(C)C)cc1OC. The van der Waals surface area contributed by atoms with Crippen molar-refractivity contribution in [2.45, 2.75) is 33.1 Å². The first-order valence-electron chi connectivity index (χ1n) is 9.38. The average Bonchev–Trinajstić information content (AvgIpc) is 2.70. The Balaban J connectivity index is 1.92. The maximum Gasteiger partial charge on any atom is 0.276 e. The number of hydrogen-bond donors (Lipinski definition) is 2. The molecule has 0 saturated carbocycles. The molecule has 0 fully saturated rings. The van der Waals surface area contributed by atoms with Crippen molar-refractivity contribution in [2.24, 2.45) is 0 Å². The van der Waals surface area contributed by atoms with E-state index in [1.54, 1.807) is 18.2 Å². The summed E-state index contributed by atoms with van der Waals surface area (Å²) in [5.74, 6) is 0.668. The minimum atomic E-state index is -0.477. The van der Waals surface area contributed by atoms with Crippen LogP contribution in [0.3, 0.4) is 0 Å². The van der Waals surface area contributed by atoms with Crippen LogP contribution in [0, 0.1) is 0 Å². The van der Waals surface area contributed by atoms with Crippen LogP contribution in [0.25, 0.3) is 0 Å². The number of hydrogen-bond acceptors (Lipinski definition) is 5. The molecule has 7 heteroatoms. The van der Waals surface area contributed by atoms with Crippen molar-refractivity contribution in [1.82, 2.24) is 10.9 Å². The van der Waals surface area contributed by atoms with E-state index in [2.05, 4.69) is 31.6 Å². The molecule has 0 atom stereocenters. The highest BCUT2D eigenvalue weighted by atomic mass is 16.5. The maximum atomic E-state index is 12.3. The standard InChI is InChI=1S/C22H28N2O5/c1-6-28-18-12-11-15(13-19(18)27-5)21(26)24-23-20(25)14-29-17-10-8-7-9-16(17)22(2,3)4/h7-13H,6,14H2,1-5H3,(H,23,25)(H,24,26). The lowest BCUT2D eigenvalue weighted by Crippen LogP contribution is -2.43. The molecule has 0 radical (unpaired) electrons. The molecular formula is C22H28N2O5. The molecule has 0 heterocycles. The summed E-state index contributed by atoms with van der Waals surface area (Å²) >= 11 is 0. The van der Waals surface area contributed by atoms with Crippen molar-refractivity contribution in [3.63, 3.8) is 0 Å². The van der Waals surface area contributed by atoms with Gasteiger partial charge in [0.15, 0.2) is 18.1 Å². The van der Waals surface area contributed by atoms with Crippen LogP contribution in [0.1, 0.15) is 43.6 Å². The maximum absolute atomic E-state index is 12.3. The van der Waals surface area contributed by atoms with Crippen LogP contribution in [-0.4, -0.2) is 32.1 Å². The number of ether oxygens (including phenoxy) is 3. The number of hydrazine groups is 1. The lowest BCUT2D eigenvalue weighted by atomic mass is 9.86. The Morgan fingerprint density at radius 2 is 1.66 bits per heavy atom. The zero-order valence-corrected chi connectivity index (χ0v) is 17.5. The van der Waals surface area contributed by atoms with Crippen molar-refractivity contribution < 1.29 is 23.8 Å². The molecular weight excluding hydrogens is 372 g/mol. The van der Waals surface area contributed by atoms with Gasteiger partial charge in [-0.15, -0.1) is 0 Å². The van der Waals surface area contributed by atoms with E-state index in [0.717, 1.165) is 5.56 Å². The summed E-state index contributed by atoms with van der Waals surface area (Å²) in [7, 11) is 1.49. The monoisotopic (exact) mass is 400 g/mol. The van der Waals surface area contributed by atoms with Gasteiger partial charge in [0.05, 0.1) is 13.7 Å².